The molecule has 0 aromatic heterocycles. The van der Waals surface area contributed by atoms with Crippen LogP contribution in [0.15, 0.2) is 66.7 Å². The van der Waals surface area contributed by atoms with Gasteiger partial charge in [0.2, 0.25) is 0 Å². The quantitative estimate of drug-likeness (QED) is 0.600. The SMILES string of the molecule is O=C(OCc1ccccc1)N1C2C=C(c3ccc4c5c(cccc35)CC4)CC1COC2. The largest absolute Gasteiger partial charge is 0.445 e. The number of hydrogen-bond acceptors (Lipinski definition) is 3. The van der Waals surface area contributed by atoms with Gasteiger partial charge in [0.1, 0.15) is 6.61 Å². The lowest BCUT2D eigenvalue weighted by Crippen LogP contribution is -2.56. The van der Waals surface area contributed by atoms with Crippen molar-refractivity contribution >= 4 is 22.4 Å². The molecule has 0 N–H and O–H groups in total. The van der Waals surface area contributed by atoms with E-state index in [1.807, 2.05) is 35.2 Å². The van der Waals surface area contributed by atoms with E-state index in [1.165, 1.54) is 33.0 Å². The van der Waals surface area contributed by atoms with Gasteiger partial charge < -0.3 is 9.47 Å². The first-order valence-corrected chi connectivity index (χ1v) is 11.1. The number of carbonyl (C=O) groups excluding carboxylic acids is 1. The molecule has 4 nitrogen and oxygen atoms in total. The van der Waals surface area contributed by atoms with E-state index in [0.29, 0.717) is 19.8 Å². The van der Waals surface area contributed by atoms with Crippen LogP contribution in [0.5, 0.6) is 0 Å². The molecule has 2 aliphatic heterocycles. The first kappa shape index (κ1) is 18.6. The molecule has 2 atom stereocenters. The first-order chi connectivity index (χ1) is 15.3. The second-order valence-electron chi connectivity index (χ2n) is 8.71. The fourth-order valence-electron chi connectivity index (χ4n) is 5.40. The molecule has 2 bridgehead atoms. The van der Waals surface area contributed by atoms with Gasteiger partial charge in [-0.15, -0.1) is 0 Å². The molecule has 3 aromatic rings. The topological polar surface area (TPSA) is 38.8 Å². The summed E-state index contributed by atoms with van der Waals surface area (Å²) in [5.41, 5.74) is 6.54. The van der Waals surface area contributed by atoms with Gasteiger partial charge >= 0.3 is 6.09 Å². The third-order valence-electron chi connectivity index (χ3n) is 6.84. The monoisotopic (exact) mass is 411 g/mol. The lowest BCUT2D eigenvalue weighted by molar-refractivity contribution is -0.0342. The van der Waals surface area contributed by atoms with Crippen LogP contribution in [0.3, 0.4) is 0 Å². The van der Waals surface area contributed by atoms with Crippen molar-refractivity contribution in [2.45, 2.75) is 38.0 Å². The van der Waals surface area contributed by atoms with Gasteiger partial charge in [-0.25, -0.2) is 4.79 Å². The second kappa shape index (κ2) is 7.54. The van der Waals surface area contributed by atoms with Crippen molar-refractivity contribution in [3.05, 3.63) is 89.0 Å². The van der Waals surface area contributed by atoms with Crippen molar-refractivity contribution in [2.75, 3.05) is 13.2 Å². The lowest BCUT2D eigenvalue weighted by atomic mass is 9.87. The number of aryl methyl sites for hydroxylation is 2. The van der Waals surface area contributed by atoms with Crippen LogP contribution in [0.1, 0.15) is 28.7 Å². The van der Waals surface area contributed by atoms with Gasteiger partial charge in [0, 0.05) is 0 Å². The molecule has 3 aromatic carbocycles. The fourth-order valence-corrected chi connectivity index (χ4v) is 5.40. The Balaban J connectivity index is 1.30. The summed E-state index contributed by atoms with van der Waals surface area (Å²) in [6.45, 7) is 1.36. The van der Waals surface area contributed by atoms with Gasteiger partial charge in [0.25, 0.3) is 0 Å². The van der Waals surface area contributed by atoms with Crippen molar-refractivity contribution in [2.24, 2.45) is 0 Å². The summed E-state index contributed by atoms with van der Waals surface area (Å²) >= 11 is 0. The molecule has 1 amide bonds. The van der Waals surface area contributed by atoms with Gasteiger partial charge in [-0.2, -0.15) is 0 Å². The minimum atomic E-state index is -0.252. The van der Waals surface area contributed by atoms with Crippen LogP contribution in [0.4, 0.5) is 4.79 Å². The number of amides is 1. The Bertz CT molecular complexity index is 1170. The molecule has 1 fully saturated rings. The molecular formula is C27H25NO3. The summed E-state index contributed by atoms with van der Waals surface area (Å²) < 4.78 is 11.5. The van der Waals surface area contributed by atoms with E-state index in [2.05, 4.69) is 36.4 Å². The molecule has 0 saturated carbocycles. The van der Waals surface area contributed by atoms with Crippen LogP contribution in [-0.4, -0.2) is 36.3 Å². The zero-order valence-electron chi connectivity index (χ0n) is 17.4. The smallest absolute Gasteiger partial charge is 0.411 e. The van der Waals surface area contributed by atoms with Gasteiger partial charge in [-0.05, 0) is 57.9 Å². The molecule has 0 spiro atoms. The summed E-state index contributed by atoms with van der Waals surface area (Å²) in [7, 11) is 0. The van der Waals surface area contributed by atoms with Crippen LogP contribution in [-0.2, 0) is 28.9 Å². The number of fused-ring (bicyclic) bond motifs is 2. The zero-order valence-corrected chi connectivity index (χ0v) is 17.4. The van der Waals surface area contributed by atoms with Crippen LogP contribution in [0.25, 0.3) is 16.3 Å². The molecule has 0 radical (unpaired) electrons. The fraction of sp³-hybridized carbons (Fsp3) is 0.296. The van der Waals surface area contributed by atoms with E-state index in [1.54, 1.807) is 0 Å². The zero-order chi connectivity index (χ0) is 20.8. The van der Waals surface area contributed by atoms with E-state index in [-0.39, 0.29) is 18.2 Å². The average molecular weight is 412 g/mol. The Kier molecular flexibility index (Phi) is 4.53. The summed E-state index contributed by atoms with van der Waals surface area (Å²) in [5.74, 6) is 0. The maximum atomic E-state index is 13.0. The highest BCUT2D eigenvalue weighted by Crippen LogP contribution is 2.39. The van der Waals surface area contributed by atoms with E-state index >= 15 is 0 Å². The van der Waals surface area contributed by atoms with E-state index in [0.717, 1.165) is 24.8 Å². The minimum Gasteiger partial charge on any atom is -0.445 e. The Morgan fingerprint density at radius 2 is 1.81 bits per heavy atom. The molecule has 156 valence electrons. The van der Waals surface area contributed by atoms with Crippen molar-refractivity contribution in [3.63, 3.8) is 0 Å². The normalized spacial score (nSPS) is 21.8. The van der Waals surface area contributed by atoms with Gasteiger partial charge in [-0.1, -0.05) is 66.7 Å². The lowest BCUT2D eigenvalue weighted by Gasteiger charge is -2.44. The predicted molar refractivity (Wildman–Crippen MR) is 121 cm³/mol. The molecule has 1 saturated heterocycles. The highest BCUT2D eigenvalue weighted by Gasteiger charge is 2.39. The number of carbonyl (C=O) groups is 1. The summed E-state index contributed by atoms with van der Waals surface area (Å²) in [6.07, 6.45) is 5.02. The third-order valence-corrected chi connectivity index (χ3v) is 6.84. The minimum absolute atomic E-state index is 0.00469. The maximum absolute atomic E-state index is 13.0. The van der Waals surface area contributed by atoms with Crippen LogP contribution in [0.2, 0.25) is 0 Å². The number of nitrogens with zero attached hydrogens (tertiary/aromatic N) is 1. The van der Waals surface area contributed by atoms with Crippen LogP contribution in [0, 0.1) is 0 Å². The van der Waals surface area contributed by atoms with Crippen LogP contribution >= 0.6 is 0 Å². The number of benzene rings is 3. The number of ether oxygens (including phenoxy) is 2. The molecule has 31 heavy (non-hydrogen) atoms. The molecule has 2 unspecified atom stereocenters. The predicted octanol–water partition coefficient (Wildman–Crippen LogP) is 5.13. The highest BCUT2D eigenvalue weighted by atomic mass is 16.6. The molecule has 1 aliphatic carbocycles. The van der Waals surface area contributed by atoms with E-state index < -0.39 is 0 Å². The second-order valence-corrected chi connectivity index (χ2v) is 8.71. The highest BCUT2D eigenvalue weighted by molar-refractivity contribution is 5.99. The van der Waals surface area contributed by atoms with Gasteiger partial charge in [0.05, 0.1) is 25.3 Å². The Morgan fingerprint density at radius 3 is 2.65 bits per heavy atom. The molecule has 2 heterocycles. The van der Waals surface area contributed by atoms with E-state index in [9.17, 15) is 4.79 Å². The summed E-state index contributed by atoms with van der Waals surface area (Å²) in [6, 6.07) is 21.0. The summed E-state index contributed by atoms with van der Waals surface area (Å²) in [4.78, 5) is 14.8. The van der Waals surface area contributed by atoms with Crippen molar-refractivity contribution in [3.8, 4) is 0 Å². The van der Waals surface area contributed by atoms with Crippen LogP contribution < -0.4 is 0 Å². The summed E-state index contributed by atoms with van der Waals surface area (Å²) in [5, 5.41) is 2.78. The molecular weight excluding hydrogens is 386 g/mol. The Labute approximate surface area is 182 Å². The van der Waals surface area contributed by atoms with Crippen molar-refractivity contribution in [1.82, 2.24) is 4.90 Å². The molecule has 6 rings (SSSR count). The van der Waals surface area contributed by atoms with Crippen molar-refractivity contribution < 1.29 is 14.3 Å². The average Bonchev–Trinajstić information content (AvgIpc) is 3.22. The first-order valence-electron chi connectivity index (χ1n) is 11.1. The van der Waals surface area contributed by atoms with Gasteiger partial charge in [-0.3, -0.25) is 4.90 Å². The maximum Gasteiger partial charge on any atom is 0.411 e. The molecule has 3 aliphatic rings. The van der Waals surface area contributed by atoms with E-state index in [4.69, 9.17) is 9.47 Å². The van der Waals surface area contributed by atoms with Crippen molar-refractivity contribution in [1.29, 1.82) is 0 Å². The number of rotatable bonds is 3. The van der Waals surface area contributed by atoms with Gasteiger partial charge in [0.15, 0.2) is 0 Å². The number of hydrogen-bond donors (Lipinski definition) is 0. The molecule has 4 heteroatoms. The number of morpholine rings is 1. The Hall–Kier alpha value is -3.11. The Morgan fingerprint density at radius 1 is 0.968 bits per heavy atom. The third kappa shape index (κ3) is 3.22. The standard InChI is InChI=1S/C27H25NO3/c29-27(31-15-18-5-2-1-3-6-18)28-22-13-21(14-23(28)17-30-16-22)24-12-11-20-10-9-19-7-4-8-25(24)26(19)20/h1-8,11-13,22-23H,9-10,14-17H2.